The summed E-state index contributed by atoms with van der Waals surface area (Å²) in [5.74, 6) is 1.63. The van der Waals surface area contributed by atoms with Crippen LogP contribution in [0.5, 0.6) is 0 Å². The number of nitrogens with two attached hydrogens (primary N) is 1. The van der Waals surface area contributed by atoms with Crippen LogP contribution in [0.1, 0.15) is 67.2 Å². The quantitative estimate of drug-likeness (QED) is 0.831. The second-order valence-corrected chi connectivity index (χ2v) is 9.64. The highest BCUT2D eigenvalue weighted by Gasteiger charge is 2.50. The standard InChI is InChI=1S/C18H36N2/c1-14-7-15(2)9-20(8-14)18(13-19)11-16(3,4)10-17(5,6)12-18/h14-15H,7-13,19H2,1-6H3. The van der Waals surface area contributed by atoms with E-state index in [0.29, 0.717) is 10.8 Å². The SMILES string of the molecule is CC1CC(C)CN(C2(CN)CC(C)(C)CC(C)(C)C2)C1. The summed E-state index contributed by atoms with van der Waals surface area (Å²) in [6.45, 7) is 17.9. The van der Waals surface area contributed by atoms with Gasteiger partial charge in [0.05, 0.1) is 0 Å². The van der Waals surface area contributed by atoms with Gasteiger partial charge in [-0.25, -0.2) is 0 Å². The minimum Gasteiger partial charge on any atom is -0.329 e. The van der Waals surface area contributed by atoms with Crippen molar-refractivity contribution in [2.24, 2.45) is 28.4 Å². The molecule has 2 rings (SSSR count). The van der Waals surface area contributed by atoms with E-state index in [1.54, 1.807) is 0 Å². The van der Waals surface area contributed by atoms with Crippen LogP contribution in [0.4, 0.5) is 0 Å². The van der Waals surface area contributed by atoms with Crippen LogP contribution in [0.2, 0.25) is 0 Å². The van der Waals surface area contributed by atoms with Crippen molar-refractivity contribution in [1.82, 2.24) is 4.90 Å². The molecule has 2 aliphatic rings. The third-order valence-electron chi connectivity index (χ3n) is 5.49. The second kappa shape index (κ2) is 5.28. The highest BCUT2D eigenvalue weighted by atomic mass is 15.2. The Kier molecular flexibility index (Phi) is 4.30. The predicted octanol–water partition coefficient (Wildman–Crippen LogP) is 3.90. The van der Waals surface area contributed by atoms with Gasteiger partial charge in [-0.05, 0) is 48.3 Å². The Hall–Kier alpha value is -0.0800. The molecule has 1 aliphatic heterocycles. The molecule has 20 heavy (non-hydrogen) atoms. The summed E-state index contributed by atoms with van der Waals surface area (Å²) < 4.78 is 0. The molecule has 0 amide bonds. The van der Waals surface area contributed by atoms with Gasteiger partial charge in [0.15, 0.2) is 0 Å². The van der Waals surface area contributed by atoms with Gasteiger partial charge in [-0.3, -0.25) is 4.90 Å². The van der Waals surface area contributed by atoms with Crippen LogP contribution in [0.3, 0.4) is 0 Å². The number of likely N-dealkylation sites (tertiary alicyclic amines) is 1. The molecule has 0 spiro atoms. The number of nitrogens with zero attached hydrogens (tertiary/aromatic N) is 1. The zero-order valence-electron chi connectivity index (χ0n) is 14.6. The lowest BCUT2D eigenvalue weighted by molar-refractivity contribution is -0.0669. The maximum Gasteiger partial charge on any atom is 0.0342 e. The fourth-order valence-electron chi connectivity index (χ4n) is 5.81. The van der Waals surface area contributed by atoms with Gasteiger partial charge >= 0.3 is 0 Å². The van der Waals surface area contributed by atoms with E-state index < -0.39 is 0 Å². The van der Waals surface area contributed by atoms with Crippen molar-refractivity contribution in [3.63, 3.8) is 0 Å². The molecule has 2 heteroatoms. The van der Waals surface area contributed by atoms with Gasteiger partial charge in [-0.2, -0.15) is 0 Å². The van der Waals surface area contributed by atoms with E-state index in [2.05, 4.69) is 46.4 Å². The van der Waals surface area contributed by atoms with Crippen molar-refractivity contribution < 1.29 is 0 Å². The molecule has 0 aromatic rings. The summed E-state index contributed by atoms with van der Waals surface area (Å²) in [4.78, 5) is 2.77. The summed E-state index contributed by atoms with van der Waals surface area (Å²) in [7, 11) is 0. The van der Waals surface area contributed by atoms with Crippen molar-refractivity contribution >= 4 is 0 Å². The Balaban J connectivity index is 2.28. The Morgan fingerprint density at radius 1 is 0.900 bits per heavy atom. The van der Waals surface area contributed by atoms with Gasteiger partial charge < -0.3 is 5.73 Å². The largest absolute Gasteiger partial charge is 0.329 e. The van der Waals surface area contributed by atoms with Crippen molar-refractivity contribution in [2.75, 3.05) is 19.6 Å². The van der Waals surface area contributed by atoms with Crippen LogP contribution in [0, 0.1) is 22.7 Å². The Bertz CT molecular complexity index is 319. The van der Waals surface area contributed by atoms with Gasteiger partial charge in [-0.15, -0.1) is 0 Å². The molecule has 2 nitrogen and oxygen atoms in total. The Labute approximate surface area is 126 Å². The first kappa shape index (κ1) is 16.3. The monoisotopic (exact) mass is 280 g/mol. The van der Waals surface area contributed by atoms with Crippen LogP contribution < -0.4 is 5.73 Å². The molecule has 1 heterocycles. The average Bonchev–Trinajstić information content (AvgIpc) is 2.23. The van der Waals surface area contributed by atoms with Crippen molar-refractivity contribution in [2.45, 2.75) is 72.8 Å². The maximum atomic E-state index is 6.36. The molecule has 0 bridgehead atoms. The fraction of sp³-hybridized carbons (Fsp3) is 1.00. The normalized spacial score (nSPS) is 36.8. The number of rotatable bonds is 2. The molecule has 0 radical (unpaired) electrons. The van der Waals surface area contributed by atoms with Gasteiger partial charge in [0.25, 0.3) is 0 Å². The Morgan fingerprint density at radius 2 is 1.35 bits per heavy atom. The highest BCUT2D eigenvalue weighted by molar-refractivity contribution is 5.05. The maximum absolute atomic E-state index is 6.36. The predicted molar refractivity (Wildman–Crippen MR) is 87.7 cm³/mol. The highest BCUT2D eigenvalue weighted by Crippen LogP contribution is 2.52. The van der Waals surface area contributed by atoms with Crippen molar-refractivity contribution in [1.29, 1.82) is 0 Å². The van der Waals surface area contributed by atoms with E-state index in [-0.39, 0.29) is 5.54 Å². The molecular weight excluding hydrogens is 244 g/mol. The van der Waals surface area contributed by atoms with E-state index in [0.717, 1.165) is 18.4 Å². The van der Waals surface area contributed by atoms with Gasteiger partial charge in [-0.1, -0.05) is 41.5 Å². The first-order chi connectivity index (χ1) is 9.07. The second-order valence-electron chi connectivity index (χ2n) is 9.64. The first-order valence-corrected chi connectivity index (χ1v) is 8.53. The molecule has 0 aromatic heterocycles. The molecule has 1 saturated heterocycles. The molecule has 1 aliphatic carbocycles. The zero-order chi connectivity index (χ0) is 15.2. The lowest BCUT2D eigenvalue weighted by atomic mass is 9.57. The van der Waals surface area contributed by atoms with E-state index in [9.17, 15) is 0 Å². The number of piperidine rings is 1. The molecule has 2 N–H and O–H groups in total. The van der Waals surface area contributed by atoms with E-state index in [4.69, 9.17) is 5.73 Å². The van der Waals surface area contributed by atoms with E-state index >= 15 is 0 Å². The van der Waals surface area contributed by atoms with Crippen molar-refractivity contribution in [3.05, 3.63) is 0 Å². The topological polar surface area (TPSA) is 29.3 Å². The minimum atomic E-state index is 0.230. The molecule has 0 aromatic carbocycles. The van der Waals surface area contributed by atoms with Crippen LogP contribution in [0.15, 0.2) is 0 Å². The summed E-state index contributed by atoms with van der Waals surface area (Å²) >= 11 is 0. The average molecular weight is 280 g/mol. The molecular formula is C18H36N2. The third kappa shape index (κ3) is 3.39. The van der Waals surface area contributed by atoms with E-state index in [1.165, 1.54) is 38.8 Å². The van der Waals surface area contributed by atoms with Crippen LogP contribution in [0.25, 0.3) is 0 Å². The third-order valence-corrected chi connectivity index (χ3v) is 5.49. The minimum absolute atomic E-state index is 0.230. The number of hydrogen-bond donors (Lipinski definition) is 1. The summed E-state index contributed by atoms with van der Waals surface area (Å²) in [5, 5.41) is 0. The number of hydrogen-bond acceptors (Lipinski definition) is 2. The molecule has 2 fully saturated rings. The van der Waals surface area contributed by atoms with Gasteiger partial charge in [0.2, 0.25) is 0 Å². The molecule has 118 valence electrons. The van der Waals surface area contributed by atoms with Crippen LogP contribution in [-0.2, 0) is 0 Å². The first-order valence-electron chi connectivity index (χ1n) is 8.53. The van der Waals surface area contributed by atoms with Crippen LogP contribution in [-0.4, -0.2) is 30.1 Å². The molecule has 2 unspecified atom stereocenters. The lowest BCUT2D eigenvalue weighted by Gasteiger charge is -2.58. The zero-order valence-corrected chi connectivity index (χ0v) is 14.6. The fourth-order valence-corrected chi connectivity index (χ4v) is 5.81. The summed E-state index contributed by atoms with van der Waals surface area (Å²) in [5.41, 5.74) is 7.41. The van der Waals surface area contributed by atoms with Crippen LogP contribution >= 0.6 is 0 Å². The summed E-state index contributed by atoms with van der Waals surface area (Å²) in [6.07, 6.45) is 5.23. The van der Waals surface area contributed by atoms with E-state index in [1.807, 2.05) is 0 Å². The lowest BCUT2D eigenvalue weighted by Crippen LogP contribution is -2.63. The van der Waals surface area contributed by atoms with Gasteiger partial charge in [0, 0.05) is 25.2 Å². The molecule has 1 saturated carbocycles. The van der Waals surface area contributed by atoms with Gasteiger partial charge in [0.1, 0.15) is 0 Å². The molecule has 2 atom stereocenters. The Morgan fingerprint density at radius 3 is 1.75 bits per heavy atom. The summed E-state index contributed by atoms with van der Waals surface area (Å²) in [6, 6.07) is 0. The van der Waals surface area contributed by atoms with Crippen molar-refractivity contribution in [3.8, 4) is 0 Å². The smallest absolute Gasteiger partial charge is 0.0342 e.